The molecule has 0 aliphatic heterocycles. The second kappa shape index (κ2) is 8.54. The molecule has 130 valence electrons. The summed E-state index contributed by atoms with van der Waals surface area (Å²) in [6.45, 7) is 0.970. The maximum Gasteiger partial charge on any atom is 0.139 e. The van der Waals surface area contributed by atoms with Crippen LogP contribution in [0.5, 0.6) is 0 Å². The minimum absolute atomic E-state index is 0.664. The molecule has 0 aromatic heterocycles. The van der Waals surface area contributed by atoms with E-state index in [1.165, 1.54) is 70.6 Å². The summed E-state index contributed by atoms with van der Waals surface area (Å²) in [4.78, 5) is 1.77. The van der Waals surface area contributed by atoms with Gasteiger partial charge in [-0.1, -0.05) is 25.2 Å². The van der Waals surface area contributed by atoms with Gasteiger partial charge in [0.2, 0.25) is 0 Å². The average molecular weight is 319 g/mol. The quantitative estimate of drug-likeness (QED) is 0.767. The van der Waals surface area contributed by atoms with Crippen molar-refractivity contribution >= 4 is 0 Å². The van der Waals surface area contributed by atoms with Gasteiger partial charge in [-0.3, -0.25) is 0 Å². The molecule has 0 spiro atoms. The van der Waals surface area contributed by atoms with Crippen LogP contribution in [0.3, 0.4) is 0 Å². The van der Waals surface area contributed by atoms with Crippen molar-refractivity contribution in [2.24, 2.45) is 0 Å². The predicted octanol–water partition coefficient (Wildman–Crippen LogP) is 3.24. The maximum absolute atomic E-state index is 10.6. The second-order valence-electron chi connectivity index (χ2n) is 8.32. The molecule has 3 saturated carbocycles. The highest BCUT2D eigenvalue weighted by molar-refractivity contribution is 5.14. The van der Waals surface area contributed by atoms with E-state index in [0.29, 0.717) is 0 Å². The highest BCUT2D eigenvalue weighted by Gasteiger charge is 2.32. The fraction of sp³-hybridized carbons (Fsp3) is 0.905. The first-order valence-corrected chi connectivity index (χ1v) is 10.3. The van der Waals surface area contributed by atoms with E-state index in [-0.39, 0.29) is 0 Å². The largest absolute Gasteiger partial charge is 0.378 e. The van der Waals surface area contributed by atoms with Crippen LogP contribution in [-0.4, -0.2) is 29.3 Å². The molecule has 0 aromatic rings. The topological polar surface area (TPSA) is 24.7 Å². The Balaban J connectivity index is 1.63. The number of aliphatic hydroxyl groups is 1. The summed E-state index contributed by atoms with van der Waals surface area (Å²) >= 11 is 0. The van der Waals surface area contributed by atoms with E-state index in [1.54, 1.807) is 4.90 Å². The van der Waals surface area contributed by atoms with Crippen LogP contribution in [0.4, 0.5) is 0 Å². The standard InChI is InChI=1S/C21H35NO/c23-21(15-8-3-9-16-21)17-10-18-22(19-11-4-1-5-12-19)20-13-6-2-7-14-20/h19-20,23H,1-9,11-16,18H2/p+1. The van der Waals surface area contributed by atoms with Gasteiger partial charge in [-0.15, -0.1) is 0 Å². The maximum atomic E-state index is 10.6. The summed E-state index contributed by atoms with van der Waals surface area (Å²) in [5.74, 6) is 6.74. The van der Waals surface area contributed by atoms with Gasteiger partial charge in [0, 0.05) is 0 Å². The monoisotopic (exact) mass is 318 g/mol. The molecule has 0 aromatic carbocycles. The van der Waals surface area contributed by atoms with E-state index >= 15 is 0 Å². The Kier molecular flexibility index (Phi) is 6.43. The van der Waals surface area contributed by atoms with E-state index in [0.717, 1.165) is 44.3 Å². The Labute approximate surface area is 143 Å². The van der Waals surface area contributed by atoms with Crippen molar-refractivity contribution in [2.45, 2.75) is 114 Å². The van der Waals surface area contributed by atoms with Gasteiger partial charge in [-0.05, 0) is 83.0 Å². The Hall–Kier alpha value is -0.520. The first-order chi connectivity index (χ1) is 11.3. The fourth-order valence-corrected chi connectivity index (χ4v) is 5.14. The van der Waals surface area contributed by atoms with Crippen molar-refractivity contribution in [2.75, 3.05) is 6.54 Å². The molecule has 2 heteroatoms. The van der Waals surface area contributed by atoms with Crippen LogP contribution < -0.4 is 4.90 Å². The lowest BCUT2D eigenvalue weighted by Gasteiger charge is -2.37. The van der Waals surface area contributed by atoms with Crippen molar-refractivity contribution in [1.29, 1.82) is 0 Å². The lowest BCUT2D eigenvalue weighted by atomic mass is 9.85. The predicted molar refractivity (Wildman–Crippen MR) is 95.4 cm³/mol. The van der Waals surface area contributed by atoms with Crippen LogP contribution in [0.25, 0.3) is 0 Å². The summed E-state index contributed by atoms with van der Waals surface area (Å²) < 4.78 is 0. The van der Waals surface area contributed by atoms with E-state index < -0.39 is 5.60 Å². The smallest absolute Gasteiger partial charge is 0.139 e. The minimum Gasteiger partial charge on any atom is -0.378 e. The van der Waals surface area contributed by atoms with Crippen LogP contribution in [0.2, 0.25) is 0 Å². The van der Waals surface area contributed by atoms with E-state index in [2.05, 4.69) is 11.8 Å². The number of hydrogen-bond donors (Lipinski definition) is 2. The van der Waals surface area contributed by atoms with Gasteiger partial charge in [-0.25, -0.2) is 0 Å². The molecule has 3 fully saturated rings. The van der Waals surface area contributed by atoms with Gasteiger partial charge >= 0.3 is 0 Å². The zero-order chi connectivity index (χ0) is 16.0. The molecule has 23 heavy (non-hydrogen) atoms. The Morgan fingerprint density at radius 2 is 1.22 bits per heavy atom. The molecule has 0 saturated heterocycles. The van der Waals surface area contributed by atoms with Crippen molar-refractivity contribution in [3.63, 3.8) is 0 Å². The zero-order valence-corrected chi connectivity index (χ0v) is 14.9. The molecule has 0 heterocycles. The van der Waals surface area contributed by atoms with Gasteiger partial charge in [0.05, 0.1) is 12.1 Å². The third kappa shape index (κ3) is 4.97. The summed E-state index contributed by atoms with van der Waals surface area (Å²) in [7, 11) is 0. The molecule has 0 atom stereocenters. The summed E-state index contributed by atoms with van der Waals surface area (Å²) in [6, 6.07) is 1.67. The van der Waals surface area contributed by atoms with Gasteiger partial charge in [0.25, 0.3) is 0 Å². The SMILES string of the molecule is OC1(C#CC[NH+](C2CCCCC2)C2CCCCC2)CCCCC1. The number of nitrogens with one attached hydrogen (secondary N) is 1. The van der Waals surface area contributed by atoms with Gasteiger partial charge in [0.1, 0.15) is 12.1 Å². The molecule has 3 aliphatic carbocycles. The van der Waals surface area contributed by atoms with Crippen LogP contribution in [0.15, 0.2) is 0 Å². The molecule has 2 nitrogen and oxygen atoms in total. The van der Waals surface area contributed by atoms with Crippen LogP contribution in [0.1, 0.15) is 96.3 Å². The highest BCUT2D eigenvalue weighted by atomic mass is 16.3. The molecule has 0 bridgehead atoms. The number of rotatable bonds is 3. The van der Waals surface area contributed by atoms with Crippen LogP contribution in [-0.2, 0) is 0 Å². The molecule has 3 aliphatic rings. The number of quaternary nitrogens is 1. The third-order valence-electron chi connectivity index (χ3n) is 6.55. The molecule has 0 unspecified atom stereocenters. The average Bonchev–Trinajstić information content (AvgIpc) is 2.61. The van der Waals surface area contributed by atoms with Crippen LogP contribution >= 0.6 is 0 Å². The van der Waals surface area contributed by atoms with Crippen molar-refractivity contribution < 1.29 is 10.0 Å². The van der Waals surface area contributed by atoms with Gasteiger partial charge < -0.3 is 10.0 Å². The molecule has 2 N–H and O–H groups in total. The van der Waals surface area contributed by atoms with E-state index in [1.807, 2.05) is 0 Å². The molecular formula is C21H36NO+. The Morgan fingerprint density at radius 1 is 0.739 bits per heavy atom. The summed E-state index contributed by atoms with van der Waals surface area (Å²) in [5, 5.41) is 10.6. The Morgan fingerprint density at radius 3 is 1.74 bits per heavy atom. The normalized spacial score (nSPS) is 26.7. The first kappa shape index (κ1) is 17.3. The van der Waals surface area contributed by atoms with E-state index in [4.69, 9.17) is 0 Å². The van der Waals surface area contributed by atoms with Gasteiger partial charge in [-0.2, -0.15) is 0 Å². The third-order valence-corrected chi connectivity index (χ3v) is 6.55. The second-order valence-corrected chi connectivity index (χ2v) is 8.32. The lowest BCUT2D eigenvalue weighted by molar-refractivity contribution is -0.945. The molecule has 3 rings (SSSR count). The number of hydrogen-bond acceptors (Lipinski definition) is 1. The summed E-state index contributed by atoms with van der Waals surface area (Å²) in [6.07, 6.45) is 19.5. The van der Waals surface area contributed by atoms with Crippen molar-refractivity contribution in [3.05, 3.63) is 0 Å². The van der Waals surface area contributed by atoms with Crippen molar-refractivity contribution in [3.8, 4) is 11.8 Å². The zero-order valence-electron chi connectivity index (χ0n) is 14.9. The fourth-order valence-electron chi connectivity index (χ4n) is 5.14. The molecule has 0 amide bonds. The first-order valence-electron chi connectivity index (χ1n) is 10.3. The molecular weight excluding hydrogens is 282 g/mol. The van der Waals surface area contributed by atoms with E-state index in [9.17, 15) is 5.11 Å². The minimum atomic E-state index is -0.664. The lowest BCUT2D eigenvalue weighted by Crippen LogP contribution is -3.19. The van der Waals surface area contributed by atoms with Crippen molar-refractivity contribution in [1.82, 2.24) is 0 Å². The van der Waals surface area contributed by atoms with Gasteiger partial charge in [0.15, 0.2) is 0 Å². The Bertz CT molecular complexity index is 385. The summed E-state index contributed by atoms with van der Waals surface area (Å²) in [5.41, 5.74) is -0.664. The molecule has 0 radical (unpaired) electrons. The highest BCUT2D eigenvalue weighted by Crippen LogP contribution is 2.27. The van der Waals surface area contributed by atoms with Crippen LogP contribution in [0, 0.1) is 11.8 Å².